The maximum absolute atomic E-state index is 13.9. The van der Waals surface area contributed by atoms with Crippen molar-refractivity contribution >= 4 is 16.0 Å². The van der Waals surface area contributed by atoms with Gasteiger partial charge in [0.15, 0.2) is 11.6 Å². The molecule has 0 fully saturated rings. The Morgan fingerprint density at radius 1 is 1.07 bits per heavy atom. The number of hydrogen-bond acceptors (Lipinski definition) is 4. The van der Waals surface area contributed by atoms with E-state index in [1.165, 1.54) is 12.1 Å². The zero-order valence-electron chi connectivity index (χ0n) is 14.6. The second-order valence-electron chi connectivity index (χ2n) is 5.97. The van der Waals surface area contributed by atoms with E-state index in [2.05, 4.69) is 9.46 Å². The molecule has 9 heteroatoms. The lowest BCUT2D eigenvalue weighted by atomic mass is 10.0. The lowest BCUT2D eigenvalue weighted by molar-refractivity contribution is -0.141. The van der Waals surface area contributed by atoms with E-state index in [-0.39, 0.29) is 16.9 Å². The van der Waals surface area contributed by atoms with E-state index in [4.69, 9.17) is 0 Å². The number of esters is 1. The summed E-state index contributed by atoms with van der Waals surface area (Å²) in [7, 11) is -2.91. The molecular weight excluding hydrogens is 383 g/mol. The first-order valence-corrected chi connectivity index (χ1v) is 9.40. The lowest BCUT2D eigenvalue weighted by Crippen LogP contribution is -2.38. The highest BCUT2D eigenvalue weighted by Gasteiger charge is 2.24. The zero-order chi connectivity index (χ0) is 20.2. The molecule has 146 valence electrons. The van der Waals surface area contributed by atoms with Crippen molar-refractivity contribution in [3.63, 3.8) is 0 Å². The number of rotatable bonds is 7. The molecule has 0 saturated carbocycles. The molecule has 0 amide bonds. The van der Waals surface area contributed by atoms with Gasteiger partial charge < -0.3 is 4.74 Å². The average Bonchev–Trinajstić information content (AvgIpc) is 2.59. The Labute approximate surface area is 155 Å². The fourth-order valence-electron chi connectivity index (χ4n) is 2.43. The molecule has 0 bridgehead atoms. The van der Waals surface area contributed by atoms with Gasteiger partial charge in [-0.05, 0) is 37.1 Å². The minimum absolute atomic E-state index is 0.0475. The molecule has 0 radical (unpaired) electrons. The van der Waals surface area contributed by atoms with E-state index in [1.54, 1.807) is 19.1 Å². The third kappa shape index (κ3) is 5.54. The average molecular weight is 401 g/mol. The lowest BCUT2D eigenvalue weighted by Gasteiger charge is -2.18. The van der Waals surface area contributed by atoms with Crippen LogP contribution in [0.25, 0.3) is 0 Å². The van der Waals surface area contributed by atoms with E-state index in [1.807, 2.05) is 0 Å². The van der Waals surface area contributed by atoms with E-state index in [0.29, 0.717) is 12.1 Å². The molecule has 1 N–H and O–H groups in total. The summed E-state index contributed by atoms with van der Waals surface area (Å²) < 4.78 is 72.3. The summed E-state index contributed by atoms with van der Waals surface area (Å²) in [6.07, 6.45) is -0.788. The number of ether oxygens (including phenoxy) is 1. The zero-order valence-corrected chi connectivity index (χ0v) is 15.4. The maximum atomic E-state index is 13.9. The Morgan fingerprint density at radius 3 is 2.26 bits per heavy atom. The van der Waals surface area contributed by atoms with Crippen molar-refractivity contribution in [1.82, 2.24) is 4.72 Å². The first-order valence-electron chi connectivity index (χ1n) is 7.91. The van der Waals surface area contributed by atoms with Gasteiger partial charge in [-0.2, -0.15) is 0 Å². The van der Waals surface area contributed by atoms with Crippen LogP contribution in [-0.4, -0.2) is 27.5 Å². The van der Waals surface area contributed by atoms with Gasteiger partial charge in [0.2, 0.25) is 10.0 Å². The molecule has 2 aromatic carbocycles. The predicted octanol–water partition coefficient (Wildman–Crippen LogP) is 2.87. The van der Waals surface area contributed by atoms with Gasteiger partial charge in [-0.1, -0.05) is 17.7 Å². The van der Waals surface area contributed by atoms with Crippen LogP contribution >= 0.6 is 0 Å². The minimum atomic E-state index is -4.03. The molecule has 0 spiro atoms. The summed E-state index contributed by atoms with van der Waals surface area (Å²) in [6, 6.07) is 5.83. The second kappa shape index (κ2) is 8.53. The van der Waals surface area contributed by atoms with Gasteiger partial charge in [0, 0.05) is 12.1 Å². The second-order valence-corrected chi connectivity index (χ2v) is 7.69. The van der Waals surface area contributed by atoms with Crippen molar-refractivity contribution in [3.05, 3.63) is 65.0 Å². The highest BCUT2D eigenvalue weighted by Crippen LogP contribution is 2.18. The summed E-state index contributed by atoms with van der Waals surface area (Å²) >= 11 is 0. The molecule has 0 heterocycles. The molecule has 1 atom stereocenters. The van der Waals surface area contributed by atoms with Crippen molar-refractivity contribution in [3.8, 4) is 0 Å². The molecule has 0 aliphatic rings. The van der Waals surface area contributed by atoms with Crippen molar-refractivity contribution in [2.24, 2.45) is 0 Å². The fraction of sp³-hybridized carbons (Fsp3) is 0.278. The number of carbonyl (C=O) groups excluding carboxylic acids is 1. The largest absolute Gasteiger partial charge is 0.469 e. The molecule has 0 aliphatic carbocycles. The standard InChI is InChI=1S/C18H18F3NO4S/c1-11-3-5-14(6-4-11)27(24,25)22-13(9-18(23)26-2)7-12-8-16(20)17(21)10-15(12)19/h3-6,8,10,13,22H,7,9H2,1-2H3/t13-/m1/s1. The van der Waals surface area contributed by atoms with Crippen LogP contribution in [0.1, 0.15) is 17.5 Å². The van der Waals surface area contributed by atoms with E-state index < -0.39 is 45.9 Å². The summed E-state index contributed by atoms with van der Waals surface area (Å²) in [4.78, 5) is 11.6. The molecule has 0 aliphatic heterocycles. The number of aryl methyl sites for hydroxylation is 1. The molecule has 0 saturated heterocycles. The quantitative estimate of drug-likeness (QED) is 0.572. The summed E-state index contributed by atoms with van der Waals surface area (Å²) in [5.41, 5.74) is 0.582. The normalized spacial score (nSPS) is 12.6. The predicted molar refractivity (Wildman–Crippen MR) is 91.9 cm³/mol. The molecule has 2 rings (SSSR count). The first kappa shape index (κ1) is 20.9. The fourth-order valence-corrected chi connectivity index (χ4v) is 3.67. The Kier molecular flexibility index (Phi) is 6.61. The number of methoxy groups -OCH3 is 1. The van der Waals surface area contributed by atoms with Gasteiger partial charge in [-0.3, -0.25) is 4.79 Å². The van der Waals surface area contributed by atoms with Crippen LogP contribution < -0.4 is 4.72 Å². The molecule has 27 heavy (non-hydrogen) atoms. The number of sulfonamides is 1. The number of halogens is 3. The van der Waals surface area contributed by atoms with Crippen molar-refractivity contribution in [2.45, 2.75) is 30.7 Å². The highest BCUT2D eigenvalue weighted by atomic mass is 32.2. The van der Waals surface area contributed by atoms with Gasteiger partial charge in [-0.25, -0.2) is 26.3 Å². The highest BCUT2D eigenvalue weighted by molar-refractivity contribution is 7.89. The number of hydrogen-bond donors (Lipinski definition) is 1. The van der Waals surface area contributed by atoms with E-state index in [0.717, 1.165) is 12.7 Å². The topological polar surface area (TPSA) is 72.5 Å². The Hall–Kier alpha value is -2.39. The smallest absolute Gasteiger partial charge is 0.307 e. The van der Waals surface area contributed by atoms with Crippen LogP contribution in [0.4, 0.5) is 13.2 Å². The van der Waals surface area contributed by atoms with Crippen LogP contribution in [0, 0.1) is 24.4 Å². The monoisotopic (exact) mass is 401 g/mol. The van der Waals surface area contributed by atoms with Crippen LogP contribution in [0.5, 0.6) is 0 Å². The third-order valence-electron chi connectivity index (χ3n) is 3.85. The van der Waals surface area contributed by atoms with Gasteiger partial charge in [0.1, 0.15) is 5.82 Å². The Bertz CT molecular complexity index is 930. The van der Waals surface area contributed by atoms with E-state index >= 15 is 0 Å². The SMILES string of the molecule is COC(=O)C[C@@H](Cc1cc(F)c(F)cc1F)NS(=O)(=O)c1ccc(C)cc1. The summed E-state index contributed by atoms with van der Waals surface area (Å²) in [6.45, 7) is 1.79. The van der Waals surface area contributed by atoms with Crippen LogP contribution in [0.3, 0.4) is 0 Å². The van der Waals surface area contributed by atoms with Crippen LogP contribution in [0.15, 0.2) is 41.3 Å². The minimum Gasteiger partial charge on any atom is -0.469 e. The van der Waals surface area contributed by atoms with Crippen molar-refractivity contribution in [1.29, 1.82) is 0 Å². The van der Waals surface area contributed by atoms with Crippen molar-refractivity contribution in [2.75, 3.05) is 7.11 Å². The van der Waals surface area contributed by atoms with Gasteiger partial charge in [-0.15, -0.1) is 0 Å². The molecule has 0 aromatic heterocycles. The number of nitrogens with one attached hydrogen (secondary N) is 1. The van der Waals surface area contributed by atoms with Crippen molar-refractivity contribution < 1.29 is 31.1 Å². The number of carbonyl (C=O) groups is 1. The third-order valence-corrected chi connectivity index (χ3v) is 5.39. The van der Waals surface area contributed by atoms with Gasteiger partial charge in [0.05, 0.1) is 18.4 Å². The van der Waals surface area contributed by atoms with Gasteiger partial charge in [0.25, 0.3) is 0 Å². The number of benzene rings is 2. The van der Waals surface area contributed by atoms with E-state index in [9.17, 15) is 26.4 Å². The molecule has 0 unspecified atom stereocenters. The summed E-state index contributed by atoms with van der Waals surface area (Å²) in [5.74, 6) is -4.42. The van der Waals surface area contributed by atoms with Crippen LogP contribution in [-0.2, 0) is 26.0 Å². The molecular formula is C18H18F3NO4S. The maximum Gasteiger partial charge on any atom is 0.307 e. The first-order chi connectivity index (χ1) is 12.6. The van der Waals surface area contributed by atoms with Crippen LogP contribution in [0.2, 0.25) is 0 Å². The molecule has 2 aromatic rings. The Morgan fingerprint density at radius 2 is 1.67 bits per heavy atom. The summed E-state index contributed by atoms with van der Waals surface area (Å²) in [5, 5.41) is 0. The molecule has 5 nitrogen and oxygen atoms in total. The van der Waals surface area contributed by atoms with Gasteiger partial charge >= 0.3 is 5.97 Å². The Balaban J connectivity index is 2.30.